The maximum absolute atomic E-state index is 11.4. The number of aliphatic hydroxyl groups excluding tert-OH is 1. The van der Waals surface area contributed by atoms with Crippen LogP contribution in [0.3, 0.4) is 0 Å². The molecule has 1 aromatic heterocycles. The van der Waals surface area contributed by atoms with E-state index in [0.717, 1.165) is 0 Å². The van der Waals surface area contributed by atoms with E-state index in [-0.39, 0.29) is 11.6 Å². The highest BCUT2D eigenvalue weighted by Gasteiger charge is 2.26. The highest BCUT2D eigenvalue weighted by atomic mass is 79.9. The van der Waals surface area contributed by atoms with Gasteiger partial charge in [-0.3, -0.25) is 0 Å². The third-order valence-corrected chi connectivity index (χ3v) is 4.08. The van der Waals surface area contributed by atoms with Crippen LogP contribution in [-0.4, -0.2) is 20.7 Å². The molecular weight excluding hydrogens is 358 g/mol. The monoisotopic (exact) mass is 371 g/mol. The van der Waals surface area contributed by atoms with Crippen LogP contribution in [0.4, 0.5) is 0 Å². The van der Waals surface area contributed by atoms with Crippen LogP contribution in [0.2, 0.25) is 5.02 Å². The van der Waals surface area contributed by atoms with Gasteiger partial charge in [-0.15, -0.1) is 0 Å². The molecular formula is C15H15BrClNO3. The summed E-state index contributed by atoms with van der Waals surface area (Å²) >= 11 is 9.20. The molecule has 1 heterocycles. The summed E-state index contributed by atoms with van der Waals surface area (Å²) in [6.45, 7) is 3.85. The number of benzene rings is 1. The molecule has 21 heavy (non-hydrogen) atoms. The fourth-order valence-electron chi connectivity index (χ4n) is 2.29. The van der Waals surface area contributed by atoms with Crippen LogP contribution in [0.1, 0.15) is 47.6 Å². The summed E-state index contributed by atoms with van der Waals surface area (Å²) in [6.07, 6.45) is -1.04. The van der Waals surface area contributed by atoms with Gasteiger partial charge in [0, 0.05) is 11.1 Å². The number of hydrogen-bond donors (Lipinski definition) is 2. The number of carboxylic acid groups (broad SMARTS) is 1. The molecule has 0 spiro atoms. The average Bonchev–Trinajstić information content (AvgIpc) is 2.76. The molecule has 0 radical (unpaired) electrons. The van der Waals surface area contributed by atoms with E-state index in [4.69, 9.17) is 11.6 Å². The van der Waals surface area contributed by atoms with Crippen molar-refractivity contribution in [2.75, 3.05) is 0 Å². The Bertz CT molecular complexity index is 664. The van der Waals surface area contributed by atoms with E-state index in [1.54, 1.807) is 28.8 Å². The van der Waals surface area contributed by atoms with E-state index in [1.807, 2.05) is 13.8 Å². The van der Waals surface area contributed by atoms with E-state index >= 15 is 0 Å². The number of hydrogen-bond acceptors (Lipinski definition) is 2. The number of carboxylic acids is 1. The molecule has 6 heteroatoms. The summed E-state index contributed by atoms with van der Waals surface area (Å²) in [5, 5.41) is 20.5. The molecule has 2 rings (SSSR count). The molecule has 0 aliphatic carbocycles. The van der Waals surface area contributed by atoms with Gasteiger partial charge in [-0.25, -0.2) is 4.79 Å². The zero-order valence-electron chi connectivity index (χ0n) is 11.5. The summed E-state index contributed by atoms with van der Waals surface area (Å²) < 4.78 is 2.39. The minimum Gasteiger partial charge on any atom is -0.478 e. The van der Waals surface area contributed by atoms with Crippen LogP contribution in [0, 0.1) is 0 Å². The third kappa shape index (κ3) is 3.15. The highest BCUT2D eigenvalue weighted by molar-refractivity contribution is 9.10. The first-order chi connectivity index (χ1) is 9.82. The zero-order chi connectivity index (χ0) is 15.7. The summed E-state index contributed by atoms with van der Waals surface area (Å²) in [5.41, 5.74) is 1.03. The van der Waals surface area contributed by atoms with E-state index in [9.17, 15) is 15.0 Å². The molecule has 0 aliphatic heterocycles. The average molecular weight is 373 g/mol. The molecule has 2 N–H and O–H groups in total. The third-order valence-electron chi connectivity index (χ3n) is 3.22. The van der Waals surface area contributed by atoms with Gasteiger partial charge in [0.25, 0.3) is 0 Å². The number of halogens is 2. The maximum atomic E-state index is 11.4. The fraction of sp³-hybridized carbons (Fsp3) is 0.267. The first kappa shape index (κ1) is 16.1. The van der Waals surface area contributed by atoms with E-state index in [2.05, 4.69) is 15.9 Å². The van der Waals surface area contributed by atoms with E-state index < -0.39 is 12.1 Å². The van der Waals surface area contributed by atoms with Crippen LogP contribution in [0.15, 0.2) is 34.9 Å². The molecule has 0 amide bonds. The van der Waals surface area contributed by atoms with Crippen molar-refractivity contribution < 1.29 is 15.0 Å². The summed E-state index contributed by atoms with van der Waals surface area (Å²) in [4.78, 5) is 11.4. The maximum Gasteiger partial charge on any atom is 0.337 e. The second-order valence-corrected chi connectivity index (χ2v) is 6.24. The Morgan fingerprint density at radius 1 is 1.29 bits per heavy atom. The number of rotatable bonds is 4. The standard InChI is InChI=1S/C15H15BrClNO3/c1-8(2)18-12(16)7-11(15(20)21)13(18)14(19)9-3-5-10(17)6-4-9/h3-8,14,19H,1-2H3,(H,20,21). The Balaban J connectivity index is 2.60. The Morgan fingerprint density at radius 2 is 1.86 bits per heavy atom. The van der Waals surface area contributed by atoms with E-state index in [0.29, 0.717) is 20.9 Å². The quantitative estimate of drug-likeness (QED) is 0.842. The van der Waals surface area contributed by atoms with Crippen LogP contribution in [-0.2, 0) is 0 Å². The summed E-state index contributed by atoms with van der Waals surface area (Å²) in [6, 6.07) is 8.21. The van der Waals surface area contributed by atoms with Gasteiger partial charge < -0.3 is 14.8 Å². The van der Waals surface area contributed by atoms with Gasteiger partial charge in [0.05, 0.1) is 15.9 Å². The Labute approximate surface area is 136 Å². The molecule has 0 saturated carbocycles. The lowest BCUT2D eigenvalue weighted by Gasteiger charge is -2.20. The van der Waals surface area contributed by atoms with Gasteiger partial charge in [0.15, 0.2) is 0 Å². The lowest BCUT2D eigenvalue weighted by molar-refractivity contribution is 0.0690. The number of aliphatic hydroxyl groups is 1. The van der Waals surface area contributed by atoms with Crippen molar-refractivity contribution in [1.82, 2.24) is 4.57 Å². The second-order valence-electron chi connectivity index (χ2n) is 4.99. The lowest BCUT2D eigenvalue weighted by atomic mass is 10.0. The molecule has 0 bridgehead atoms. The number of aromatic carboxylic acids is 1. The summed E-state index contributed by atoms with van der Waals surface area (Å²) in [7, 11) is 0. The van der Waals surface area contributed by atoms with Crippen LogP contribution in [0.25, 0.3) is 0 Å². The molecule has 0 fully saturated rings. The van der Waals surface area contributed by atoms with Crippen molar-refractivity contribution in [3.05, 3.63) is 56.8 Å². The Hall–Kier alpha value is -1.30. The largest absolute Gasteiger partial charge is 0.478 e. The highest BCUT2D eigenvalue weighted by Crippen LogP contribution is 2.33. The van der Waals surface area contributed by atoms with Gasteiger partial charge in [-0.2, -0.15) is 0 Å². The van der Waals surface area contributed by atoms with Crippen molar-refractivity contribution in [3.8, 4) is 0 Å². The summed E-state index contributed by atoms with van der Waals surface area (Å²) in [5.74, 6) is -1.07. The molecule has 0 aliphatic rings. The van der Waals surface area contributed by atoms with Crippen molar-refractivity contribution in [1.29, 1.82) is 0 Å². The zero-order valence-corrected chi connectivity index (χ0v) is 13.9. The normalized spacial score (nSPS) is 12.7. The Morgan fingerprint density at radius 3 is 2.33 bits per heavy atom. The van der Waals surface area contributed by atoms with E-state index in [1.165, 1.54) is 6.07 Å². The van der Waals surface area contributed by atoms with Gasteiger partial charge >= 0.3 is 5.97 Å². The first-order valence-corrected chi connectivity index (χ1v) is 7.57. The molecule has 2 aromatic rings. The van der Waals surface area contributed by atoms with Crippen molar-refractivity contribution in [2.45, 2.75) is 26.0 Å². The topological polar surface area (TPSA) is 62.5 Å². The van der Waals surface area contributed by atoms with Crippen molar-refractivity contribution in [2.24, 2.45) is 0 Å². The van der Waals surface area contributed by atoms with Crippen LogP contribution in [0.5, 0.6) is 0 Å². The van der Waals surface area contributed by atoms with Gasteiger partial charge in [0.2, 0.25) is 0 Å². The van der Waals surface area contributed by atoms with Crippen molar-refractivity contribution in [3.63, 3.8) is 0 Å². The Kier molecular flexibility index (Phi) is 4.76. The van der Waals surface area contributed by atoms with Gasteiger partial charge in [-0.1, -0.05) is 23.7 Å². The molecule has 0 saturated heterocycles. The SMILES string of the molecule is CC(C)n1c(Br)cc(C(=O)O)c1C(O)c1ccc(Cl)cc1. The molecule has 4 nitrogen and oxygen atoms in total. The molecule has 1 unspecified atom stereocenters. The molecule has 1 atom stereocenters. The minimum absolute atomic E-state index is 0.00410. The fourth-order valence-corrected chi connectivity index (χ4v) is 3.24. The number of aromatic nitrogens is 1. The lowest BCUT2D eigenvalue weighted by Crippen LogP contribution is -2.14. The predicted octanol–water partition coefficient (Wildman–Crippen LogP) is 4.26. The smallest absolute Gasteiger partial charge is 0.337 e. The minimum atomic E-state index is -1.07. The van der Waals surface area contributed by atoms with Crippen LogP contribution >= 0.6 is 27.5 Å². The van der Waals surface area contributed by atoms with Gasteiger partial charge in [-0.05, 0) is 53.5 Å². The number of carbonyl (C=O) groups is 1. The predicted molar refractivity (Wildman–Crippen MR) is 85.0 cm³/mol. The molecule has 1 aromatic carbocycles. The first-order valence-electron chi connectivity index (χ1n) is 6.40. The molecule has 112 valence electrons. The van der Waals surface area contributed by atoms with Crippen molar-refractivity contribution >= 4 is 33.5 Å². The number of nitrogens with zero attached hydrogens (tertiary/aromatic N) is 1. The van der Waals surface area contributed by atoms with Gasteiger partial charge in [0.1, 0.15) is 6.10 Å². The van der Waals surface area contributed by atoms with Crippen LogP contribution < -0.4 is 0 Å². The second kappa shape index (κ2) is 6.22.